The van der Waals surface area contributed by atoms with E-state index in [1.807, 2.05) is 31.3 Å². The van der Waals surface area contributed by atoms with Crippen molar-refractivity contribution in [2.75, 3.05) is 10.6 Å². The first-order valence-corrected chi connectivity index (χ1v) is 8.06. The highest BCUT2D eigenvalue weighted by Gasteiger charge is 2.06. The molecule has 2 aromatic heterocycles. The molecule has 0 atom stereocenters. The van der Waals surface area contributed by atoms with Gasteiger partial charge in [-0.05, 0) is 36.8 Å². The van der Waals surface area contributed by atoms with Crippen LogP contribution >= 0.6 is 23.2 Å². The third-order valence-electron chi connectivity index (χ3n) is 3.23. The maximum absolute atomic E-state index is 6.17. The van der Waals surface area contributed by atoms with Crippen LogP contribution in [0.15, 0.2) is 48.8 Å². The molecule has 24 heavy (non-hydrogen) atoms. The summed E-state index contributed by atoms with van der Waals surface area (Å²) in [5.41, 5.74) is 2.56. The molecule has 0 aliphatic rings. The Balaban J connectivity index is 1.77. The molecule has 122 valence electrons. The quantitative estimate of drug-likeness (QED) is 0.682. The van der Waals surface area contributed by atoms with E-state index in [9.17, 15) is 0 Å². The number of aromatic nitrogens is 3. The van der Waals surface area contributed by atoms with E-state index in [4.69, 9.17) is 23.2 Å². The van der Waals surface area contributed by atoms with Gasteiger partial charge in [0.05, 0.1) is 10.7 Å². The molecule has 0 saturated carbocycles. The number of halogens is 2. The van der Waals surface area contributed by atoms with Crippen molar-refractivity contribution >= 4 is 40.7 Å². The number of nitrogens with zero attached hydrogens (tertiary/aromatic N) is 3. The van der Waals surface area contributed by atoms with Crippen LogP contribution in [0.1, 0.15) is 11.3 Å². The van der Waals surface area contributed by atoms with E-state index in [1.165, 1.54) is 0 Å². The largest absolute Gasteiger partial charge is 0.366 e. The van der Waals surface area contributed by atoms with Crippen LogP contribution in [-0.4, -0.2) is 15.0 Å². The second-order valence-corrected chi connectivity index (χ2v) is 6.03. The van der Waals surface area contributed by atoms with E-state index < -0.39 is 0 Å². The van der Waals surface area contributed by atoms with Gasteiger partial charge in [0.1, 0.15) is 5.82 Å². The fourth-order valence-electron chi connectivity index (χ4n) is 2.12. The second-order valence-electron chi connectivity index (χ2n) is 5.18. The number of rotatable bonds is 5. The average Bonchev–Trinajstić information content (AvgIpc) is 2.57. The van der Waals surface area contributed by atoms with Crippen LogP contribution < -0.4 is 10.6 Å². The summed E-state index contributed by atoms with van der Waals surface area (Å²) in [6, 6.07) is 11.0. The van der Waals surface area contributed by atoms with Gasteiger partial charge in [-0.1, -0.05) is 29.3 Å². The molecule has 0 radical (unpaired) electrons. The van der Waals surface area contributed by atoms with Gasteiger partial charge >= 0.3 is 0 Å². The standard InChI is InChI=1S/C17H15Cl2N5/c1-11-7-16(21-10-12-3-2-6-20-9-12)24-17(22-11)23-15-8-13(18)4-5-14(15)19/h2-9H,10H2,1H3,(H2,21,22,23,24). The minimum absolute atomic E-state index is 0.452. The van der Waals surface area contributed by atoms with Crippen molar-refractivity contribution < 1.29 is 0 Å². The number of hydrogen-bond donors (Lipinski definition) is 2. The molecule has 0 aliphatic carbocycles. The lowest BCUT2D eigenvalue weighted by molar-refractivity contribution is 1.05. The highest BCUT2D eigenvalue weighted by molar-refractivity contribution is 6.35. The summed E-state index contributed by atoms with van der Waals surface area (Å²) in [7, 11) is 0. The monoisotopic (exact) mass is 359 g/mol. The van der Waals surface area contributed by atoms with Crippen molar-refractivity contribution in [2.24, 2.45) is 0 Å². The Labute approximate surface area is 150 Å². The molecule has 2 heterocycles. The summed E-state index contributed by atoms with van der Waals surface area (Å²) in [4.78, 5) is 12.9. The Kier molecular flexibility index (Phi) is 5.13. The Hall–Kier alpha value is -2.37. The zero-order valence-corrected chi connectivity index (χ0v) is 14.4. The lowest BCUT2D eigenvalue weighted by Gasteiger charge is -2.11. The van der Waals surface area contributed by atoms with Gasteiger partial charge in [-0.3, -0.25) is 4.98 Å². The van der Waals surface area contributed by atoms with Gasteiger partial charge in [0, 0.05) is 35.7 Å². The van der Waals surface area contributed by atoms with E-state index >= 15 is 0 Å². The summed E-state index contributed by atoms with van der Waals surface area (Å²) < 4.78 is 0. The van der Waals surface area contributed by atoms with Crippen molar-refractivity contribution in [2.45, 2.75) is 13.5 Å². The minimum Gasteiger partial charge on any atom is -0.366 e. The van der Waals surface area contributed by atoms with Gasteiger partial charge in [-0.25, -0.2) is 4.98 Å². The number of benzene rings is 1. The first kappa shape index (κ1) is 16.5. The Bertz CT molecular complexity index is 840. The maximum atomic E-state index is 6.17. The van der Waals surface area contributed by atoms with Gasteiger partial charge < -0.3 is 10.6 Å². The van der Waals surface area contributed by atoms with Crippen LogP contribution in [0.3, 0.4) is 0 Å². The zero-order valence-electron chi connectivity index (χ0n) is 12.9. The van der Waals surface area contributed by atoms with Crippen LogP contribution in [0, 0.1) is 6.92 Å². The molecule has 1 aromatic carbocycles. The smallest absolute Gasteiger partial charge is 0.229 e. The summed E-state index contributed by atoms with van der Waals surface area (Å²) in [5, 5.41) is 7.50. The molecule has 0 aliphatic heterocycles. The summed E-state index contributed by atoms with van der Waals surface area (Å²) in [6.07, 6.45) is 3.56. The molecule has 0 bridgehead atoms. The normalized spacial score (nSPS) is 10.5. The van der Waals surface area contributed by atoms with Gasteiger partial charge in [-0.15, -0.1) is 0 Å². The van der Waals surface area contributed by atoms with Crippen LogP contribution in [-0.2, 0) is 6.54 Å². The van der Waals surface area contributed by atoms with Crippen molar-refractivity contribution in [3.05, 3.63) is 70.1 Å². The van der Waals surface area contributed by atoms with Crippen molar-refractivity contribution in [3.8, 4) is 0 Å². The van der Waals surface area contributed by atoms with E-state index in [2.05, 4.69) is 25.6 Å². The zero-order chi connectivity index (χ0) is 16.9. The first-order chi connectivity index (χ1) is 11.6. The third-order valence-corrected chi connectivity index (χ3v) is 3.79. The molecule has 3 aromatic rings. The van der Waals surface area contributed by atoms with E-state index in [0.717, 1.165) is 11.3 Å². The minimum atomic E-state index is 0.452. The van der Waals surface area contributed by atoms with Crippen LogP contribution in [0.5, 0.6) is 0 Å². The summed E-state index contributed by atoms with van der Waals surface area (Å²) in [6.45, 7) is 2.53. The summed E-state index contributed by atoms with van der Waals surface area (Å²) in [5.74, 6) is 1.17. The number of pyridine rings is 1. The second kappa shape index (κ2) is 7.47. The molecule has 3 rings (SSSR count). The van der Waals surface area contributed by atoms with Crippen LogP contribution in [0.2, 0.25) is 10.0 Å². The van der Waals surface area contributed by atoms with Gasteiger partial charge in [0.2, 0.25) is 5.95 Å². The fraction of sp³-hybridized carbons (Fsp3) is 0.118. The molecule has 7 heteroatoms. The van der Waals surface area contributed by atoms with E-state index in [0.29, 0.717) is 34.0 Å². The van der Waals surface area contributed by atoms with Gasteiger partial charge in [-0.2, -0.15) is 4.98 Å². The Morgan fingerprint density at radius 3 is 2.75 bits per heavy atom. The van der Waals surface area contributed by atoms with Gasteiger partial charge in [0.25, 0.3) is 0 Å². The van der Waals surface area contributed by atoms with E-state index in [-0.39, 0.29) is 0 Å². The molecule has 0 saturated heterocycles. The highest BCUT2D eigenvalue weighted by atomic mass is 35.5. The number of nitrogens with one attached hydrogen (secondary N) is 2. The molecule has 0 unspecified atom stereocenters. The molecule has 0 amide bonds. The Morgan fingerprint density at radius 2 is 1.96 bits per heavy atom. The molecular weight excluding hydrogens is 345 g/mol. The van der Waals surface area contributed by atoms with Gasteiger partial charge in [0.15, 0.2) is 0 Å². The molecular formula is C17H15Cl2N5. The van der Waals surface area contributed by atoms with Crippen LogP contribution in [0.4, 0.5) is 17.5 Å². The molecule has 2 N–H and O–H groups in total. The first-order valence-electron chi connectivity index (χ1n) is 7.31. The molecule has 0 fully saturated rings. The number of aryl methyl sites for hydroxylation is 1. The fourth-order valence-corrected chi connectivity index (χ4v) is 2.46. The van der Waals surface area contributed by atoms with Crippen LogP contribution in [0.25, 0.3) is 0 Å². The van der Waals surface area contributed by atoms with Crippen molar-refractivity contribution in [1.29, 1.82) is 0 Å². The third kappa shape index (κ3) is 4.34. The predicted octanol–water partition coefficient (Wildman–Crippen LogP) is 4.84. The SMILES string of the molecule is Cc1cc(NCc2cccnc2)nc(Nc2cc(Cl)ccc2Cl)n1. The Morgan fingerprint density at radius 1 is 1.08 bits per heavy atom. The summed E-state index contributed by atoms with van der Waals surface area (Å²) >= 11 is 12.2. The maximum Gasteiger partial charge on any atom is 0.229 e. The predicted molar refractivity (Wildman–Crippen MR) is 98.1 cm³/mol. The van der Waals surface area contributed by atoms with Crippen molar-refractivity contribution in [3.63, 3.8) is 0 Å². The molecule has 0 spiro atoms. The lowest BCUT2D eigenvalue weighted by atomic mass is 10.3. The average molecular weight is 360 g/mol. The number of anilines is 3. The topological polar surface area (TPSA) is 62.7 Å². The number of hydrogen-bond acceptors (Lipinski definition) is 5. The highest BCUT2D eigenvalue weighted by Crippen LogP contribution is 2.27. The van der Waals surface area contributed by atoms with Crippen molar-refractivity contribution in [1.82, 2.24) is 15.0 Å². The lowest BCUT2D eigenvalue weighted by Crippen LogP contribution is -2.06. The molecule has 5 nitrogen and oxygen atoms in total. The van der Waals surface area contributed by atoms with E-state index in [1.54, 1.807) is 24.4 Å².